The molecule has 0 aliphatic carbocycles. The Morgan fingerprint density at radius 3 is 0.687 bits per heavy atom. The van der Waals surface area contributed by atoms with E-state index >= 15 is 0 Å². The van der Waals surface area contributed by atoms with Gasteiger partial charge in [0.25, 0.3) is 0 Å². The first-order chi connectivity index (χ1) is 48.0. The van der Waals surface area contributed by atoms with Crippen LogP contribution in [0.25, 0.3) is 0 Å². The Hall–Kier alpha value is -1.94. The van der Waals surface area contributed by atoms with Crippen molar-refractivity contribution in [2.75, 3.05) is 39.6 Å². The first kappa shape index (κ1) is 97.1. The zero-order valence-electron chi connectivity index (χ0n) is 64.6. The number of hydrogen-bond acceptors (Lipinski definition) is 15. The predicted molar refractivity (Wildman–Crippen MR) is 405 cm³/mol. The molecule has 0 saturated heterocycles. The van der Waals surface area contributed by atoms with Crippen LogP contribution < -0.4 is 0 Å². The zero-order valence-corrected chi connectivity index (χ0v) is 66.4. The van der Waals surface area contributed by atoms with Crippen molar-refractivity contribution in [3.05, 3.63) is 0 Å². The van der Waals surface area contributed by atoms with Crippen LogP contribution in [0.5, 0.6) is 0 Å². The van der Waals surface area contributed by atoms with E-state index in [0.717, 1.165) is 95.8 Å². The molecule has 99 heavy (non-hydrogen) atoms. The Labute approximate surface area is 607 Å². The van der Waals surface area contributed by atoms with E-state index in [4.69, 9.17) is 37.0 Å². The van der Waals surface area contributed by atoms with Crippen LogP contribution in [0.2, 0.25) is 0 Å². The van der Waals surface area contributed by atoms with Gasteiger partial charge in [-0.05, 0) is 31.6 Å². The smallest absolute Gasteiger partial charge is 0.462 e. The standard InChI is InChI=1S/C80H156O17P2/c1-6-9-12-15-18-21-24-26-28-30-32-34-36-39-45-50-55-60-65-79(84)96-75(70-91-78(83)64-59-54-49-44-38-35-33-31-29-27-25-22-19-16-13-10-7-2)71-94-98(86,87)92-67-74(81)68-93-99(88,89)95-72-76(69-90-77(82)63-58-53-48-43-37-23-20-17-14-11-8-3)97-80(85)66-61-56-51-46-41-40-42-47-52-57-62-73(4)5/h73-76,81H,6-72H2,1-5H3,(H,86,87)(H,88,89)/t74-,75-,76-/m1/s1. The molecule has 0 saturated carbocycles. The second kappa shape index (κ2) is 73.0. The quantitative estimate of drug-likeness (QED) is 0.0222. The largest absolute Gasteiger partial charge is 0.472 e. The molecule has 19 heteroatoms. The van der Waals surface area contributed by atoms with Gasteiger partial charge < -0.3 is 33.8 Å². The number of hydrogen-bond donors (Lipinski definition) is 3. The lowest BCUT2D eigenvalue weighted by Gasteiger charge is -2.21. The Balaban J connectivity index is 5.24. The van der Waals surface area contributed by atoms with E-state index in [1.807, 2.05) is 0 Å². The van der Waals surface area contributed by atoms with Gasteiger partial charge in [-0.25, -0.2) is 9.13 Å². The molecule has 0 aromatic carbocycles. The van der Waals surface area contributed by atoms with Crippen molar-refractivity contribution in [1.82, 2.24) is 0 Å². The second-order valence-corrected chi connectivity index (χ2v) is 32.2. The van der Waals surface area contributed by atoms with Crippen molar-refractivity contribution in [2.24, 2.45) is 5.92 Å². The van der Waals surface area contributed by atoms with Gasteiger partial charge in [0.15, 0.2) is 12.2 Å². The molecule has 0 heterocycles. The summed E-state index contributed by atoms with van der Waals surface area (Å²) in [6.45, 7) is 7.31. The van der Waals surface area contributed by atoms with Gasteiger partial charge in [-0.2, -0.15) is 0 Å². The lowest BCUT2D eigenvalue weighted by atomic mass is 10.0. The van der Waals surface area contributed by atoms with Crippen LogP contribution in [0.3, 0.4) is 0 Å². The lowest BCUT2D eigenvalue weighted by Crippen LogP contribution is -2.30. The SMILES string of the molecule is CCCCCCCCCCCCCCCCCCCCC(=O)O[C@H](COC(=O)CCCCCCCCCCCCCCCCCCC)COP(=O)(O)OC[C@@H](O)COP(=O)(O)OC[C@@H](COC(=O)CCCCCCCCCCCCC)OC(=O)CCCCCCCCCCCCC(C)C. The average molecular weight is 1450 g/mol. The lowest BCUT2D eigenvalue weighted by molar-refractivity contribution is -0.161. The number of rotatable bonds is 80. The first-order valence-electron chi connectivity index (χ1n) is 41.6. The van der Waals surface area contributed by atoms with Crippen LogP contribution in [0.4, 0.5) is 0 Å². The molecule has 588 valence electrons. The van der Waals surface area contributed by atoms with Crippen LogP contribution in [0, 0.1) is 5.92 Å². The number of aliphatic hydroxyl groups excluding tert-OH is 1. The summed E-state index contributed by atoms with van der Waals surface area (Å²) in [5.74, 6) is -1.35. The van der Waals surface area contributed by atoms with Crippen molar-refractivity contribution < 1.29 is 80.2 Å². The maximum atomic E-state index is 13.1. The maximum Gasteiger partial charge on any atom is 0.472 e. The molecule has 0 aliphatic heterocycles. The van der Waals surface area contributed by atoms with Gasteiger partial charge in [0, 0.05) is 25.7 Å². The van der Waals surface area contributed by atoms with E-state index in [2.05, 4.69) is 34.6 Å². The Morgan fingerprint density at radius 2 is 0.465 bits per heavy atom. The van der Waals surface area contributed by atoms with Gasteiger partial charge in [-0.1, -0.05) is 375 Å². The number of phosphoric acid groups is 2. The van der Waals surface area contributed by atoms with E-state index in [1.54, 1.807) is 0 Å². The van der Waals surface area contributed by atoms with Crippen molar-refractivity contribution in [2.45, 2.75) is 445 Å². The van der Waals surface area contributed by atoms with E-state index in [-0.39, 0.29) is 25.7 Å². The molecule has 0 bridgehead atoms. The van der Waals surface area contributed by atoms with Crippen molar-refractivity contribution in [3.8, 4) is 0 Å². The molecule has 3 N–H and O–H groups in total. The molecule has 0 amide bonds. The molecular weight excluding hydrogens is 1290 g/mol. The molecule has 0 aromatic rings. The summed E-state index contributed by atoms with van der Waals surface area (Å²) in [7, 11) is -9.92. The fourth-order valence-electron chi connectivity index (χ4n) is 12.4. The molecule has 0 radical (unpaired) electrons. The number of esters is 4. The number of phosphoric ester groups is 2. The summed E-state index contributed by atoms with van der Waals surface area (Å²) >= 11 is 0. The minimum absolute atomic E-state index is 0.107. The van der Waals surface area contributed by atoms with Crippen molar-refractivity contribution >= 4 is 39.5 Å². The molecular formula is C80H156O17P2. The molecule has 17 nitrogen and oxygen atoms in total. The highest BCUT2D eigenvalue weighted by atomic mass is 31.2. The third-order valence-electron chi connectivity index (χ3n) is 18.8. The molecule has 0 rings (SSSR count). The van der Waals surface area contributed by atoms with Crippen LogP contribution in [0.1, 0.15) is 426 Å². The minimum atomic E-state index is -4.96. The first-order valence-corrected chi connectivity index (χ1v) is 44.6. The van der Waals surface area contributed by atoms with Crippen molar-refractivity contribution in [1.29, 1.82) is 0 Å². The Kier molecular flexibility index (Phi) is 71.6. The van der Waals surface area contributed by atoms with Crippen LogP contribution >= 0.6 is 15.6 Å². The van der Waals surface area contributed by atoms with Gasteiger partial charge in [-0.3, -0.25) is 37.3 Å². The normalized spacial score (nSPS) is 13.9. The highest BCUT2D eigenvalue weighted by molar-refractivity contribution is 7.47. The Bertz CT molecular complexity index is 1890. The summed E-state index contributed by atoms with van der Waals surface area (Å²) in [4.78, 5) is 73.0. The topological polar surface area (TPSA) is 237 Å². The highest BCUT2D eigenvalue weighted by Gasteiger charge is 2.30. The van der Waals surface area contributed by atoms with Crippen LogP contribution in [-0.4, -0.2) is 96.7 Å². The number of ether oxygens (including phenoxy) is 4. The maximum absolute atomic E-state index is 13.1. The van der Waals surface area contributed by atoms with E-state index in [1.165, 1.54) is 250 Å². The second-order valence-electron chi connectivity index (χ2n) is 29.3. The predicted octanol–water partition coefficient (Wildman–Crippen LogP) is 24.0. The zero-order chi connectivity index (χ0) is 72.7. The number of carbonyl (C=O) groups excluding carboxylic acids is 4. The molecule has 5 atom stereocenters. The van der Waals surface area contributed by atoms with Crippen molar-refractivity contribution in [3.63, 3.8) is 0 Å². The molecule has 2 unspecified atom stereocenters. The third kappa shape index (κ3) is 74.1. The summed E-state index contributed by atoms with van der Waals surface area (Å²) in [5.41, 5.74) is 0. The van der Waals surface area contributed by atoms with E-state index in [0.29, 0.717) is 25.7 Å². The molecule has 0 aliphatic rings. The third-order valence-corrected chi connectivity index (χ3v) is 20.7. The van der Waals surface area contributed by atoms with Gasteiger partial charge in [0.1, 0.15) is 19.3 Å². The van der Waals surface area contributed by atoms with Gasteiger partial charge in [0.2, 0.25) is 0 Å². The van der Waals surface area contributed by atoms with Gasteiger partial charge >= 0.3 is 39.5 Å². The summed E-state index contributed by atoms with van der Waals surface area (Å²) in [5, 5.41) is 10.6. The highest BCUT2D eigenvalue weighted by Crippen LogP contribution is 2.45. The average Bonchev–Trinajstić information content (AvgIpc) is 1.73. The molecule has 0 spiro atoms. The summed E-state index contributed by atoms with van der Waals surface area (Å²) in [6, 6.07) is 0. The number of unbranched alkanes of at least 4 members (excludes halogenated alkanes) is 52. The van der Waals surface area contributed by atoms with Gasteiger partial charge in [0.05, 0.1) is 26.4 Å². The number of carbonyl (C=O) groups is 4. The Morgan fingerprint density at radius 1 is 0.273 bits per heavy atom. The van der Waals surface area contributed by atoms with E-state index < -0.39 is 97.5 Å². The molecule has 0 aromatic heterocycles. The number of aliphatic hydroxyl groups is 1. The van der Waals surface area contributed by atoms with Crippen LogP contribution in [-0.2, 0) is 65.4 Å². The summed E-state index contributed by atoms with van der Waals surface area (Å²) in [6.07, 6.45) is 63.7. The minimum Gasteiger partial charge on any atom is -0.462 e. The van der Waals surface area contributed by atoms with Gasteiger partial charge in [-0.15, -0.1) is 0 Å². The monoisotopic (exact) mass is 1450 g/mol. The fraction of sp³-hybridized carbons (Fsp3) is 0.950. The van der Waals surface area contributed by atoms with Crippen LogP contribution in [0.15, 0.2) is 0 Å². The summed E-state index contributed by atoms with van der Waals surface area (Å²) < 4.78 is 68.7. The fourth-order valence-corrected chi connectivity index (χ4v) is 14.0. The molecule has 0 fully saturated rings. The van der Waals surface area contributed by atoms with E-state index in [9.17, 15) is 43.2 Å².